The Hall–Kier alpha value is -2.85. The molecule has 0 aliphatic heterocycles. The van der Waals surface area contributed by atoms with Gasteiger partial charge in [0.15, 0.2) is 0 Å². The highest BCUT2D eigenvalue weighted by atomic mass is 15.2. The van der Waals surface area contributed by atoms with Crippen LogP contribution in [0.5, 0.6) is 0 Å². The lowest BCUT2D eigenvalue weighted by molar-refractivity contribution is 1.31. The van der Waals surface area contributed by atoms with Crippen LogP contribution in [-0.2, 0) is 0 Å². The first-order valence-corrected chi connectivity index (χ1v) is 4.03. The molecule has 0 saturated heterocycles. The van der Waals surface area contributed by atoms with Crippen molar-refractivity contribution in [3.63, 3.8) is 0 Å². The van der Waals surface area contributed by atoms with E-state index in [1.165, 1.54) is 12.1 Å². The van der Waals surface area contributed by atoms with Gasteiger partial charge in [0.25, 0.3) is 0 Å². The summed E-state index contributed by atoms with van der Waals surface area (Å²) in [6, 6.07) is 2.82. The summed E-state index contributed by atoms with van der Waals surface area (Å²) in [6.45, 7) is 1.63. The van der Waals surface area contributed by atoms with E-state index in [-0.39, 0.29) is 17.1 Å². The van der Waals surface area contributed by atoms with Gasteiger partial charge < -0.3 is 0 Å². The summed E-state index contributed by atoms with van der Waals surface area (Å²) in [6.07, 6.45) is 0. The third-order valence-corrected chi connectivity index (χ3v) is 1.80. The first kappa shape index (κ1) is 11.2. The molecule has 1 rings (SSSR count). The van der Waals surface area contributed by atoms with Gasteiger partial charge in [0, 0.05) is 31.8 Å². The van der Waals surface area contributed by atoms with Gasteiger partial charge >= 0.3 is 0 Å². The van der Waals surface area contributed by atoms with Gasteiger partial charge in [0.2, 0.25) is 0 Å². The first-order chi connectivity index (χ1) is 7.72. The number of benzene rings is 1. The summed E-state index contributed by atoms with van der Waals surface area (Å²) in [4.78, 5) is 7.84. The molecule has 0 saturated carbocycles. The van der Waals surface area contributed by atoms with E-state index in [2.05, 4.69) is 30.1 Å². The van der Waals surface area contributed by atoms with E-state index in [0.29, 0.717) is 5.56 Å². The lowest BCUT2D eigenvalue weighted by atomic mass is 10.1. The zero-order valence-electron chi connectivity index (χ0n) is 8.18. The van der Waals surface area contributed by atoms with Crippen molar-refractivity contribution in [1.29, 1.82) is 0 Å². The van der Waals surface area contributed by atoms with Crippen LogP contribution in [0.2, 0.25) is 0 Å². The van der Waals surface area contributed by atoms with Crippen LogP contribution in [0.4, 0.5) is 17.1 Å². The number of hydrogen-bond donors (Lipinski definition) is 0. The van der Waals surface area contributed by atoms with Crippen molar-refractivity contribution in [2.45, 2.75) is 6.92 Å². The van der Waals surface area contributed by atoms with Crippen molar-refractivity contribution in [2.24, 2.45) is 15.3 Å². The van der Waals surface area contributed by atoms with Crippen LogP contribution in [0, 0.1) is 6.92 Å². The smallest absolute Gasteiger partial charge is 0.0413 e. The number of azide groups is 3. The molecule has 0 spiro atoms. The third kappa shape index (κ3) is 2.34. The number of hydrogen-bond acceptors (Lipinski definition) is 3. The fraction of sp³-hybridized carbons (Fsp3) is 0.143. The molecule has 0 aliphatic carbocycles. The average molecular weight is 215 g/mol. The molecule has 0 aliphatic rings. The molecule has 0 radical (unpaired) electrons. The molecule has 9 heteroatoms. The van der Waals surface area contributed by atoms with Crippen molar-refractivity contribution in [3.05, 3.63) is 49.0 Å². The maximum atomic E-state index is 8.34. The van der Waals surface area contributed by atoms with Crippen molar-refractivity contribution >= 4 is 17.1 Å². The summed E-state index contributed by atoms with van der Waals surface area (Å²) in [5.41, 5.74) is 26.2. The van der Waals surface area contributed by atoms with Crippen LogP contribution in [-0.4, -0.2) is 0 Å². The maximum Gasteiger partial charge on any atom is 0.0413 e. The van der Waals surface area contributed by atoms with Gasteiger partial charge in [-0.15, -0.1) is 0 Å². The Kier molecular flexibility index (Phi) is 3.60. The lowest BCUT2D eigenvalue weighted by Gasteiger charge is -2.04. The Bertz CT molecular complexity index is 516. The van der Waals surface area contributed by atoms with Gasteiger partial charge in [0.05, 0.1) is 0 Å². The van der Waals surface area contributed by atoms with Crippen molar-refractivity contribution in [2.75, 3.05) is 0 Å². The molecular formula is C7H5N9. The van der Waals surface area contributed by atoms with E-state index in [1.54, 1.807) is 6.92 Å². The molecule has 0 aromatic heterocycles. The van der Waals surface area contributed by atoms with E-state index in [4.69, 9.17) is 16.6 Å². The van der Waals surface area contributed by atoms with Gasteiger partial charge in [0.1, 0.15) is 0 Å². The predicted octanol–water partition coefficient (Wildman–Crippen LogP) is 4.82. The SMILES string of the molecule is Cc1c(N=[N+]=[N-])cc(N=[N+]=[N-])cc1N=[N+]=[N-]. The second-order valence-corrected chi connectivity index (χ2v) is 2.68. The van der Waals surface area contributed by atoms with Crippen LogP contribution in [0.25, 0.3) is 31.3 Å². The molecular weight excluding hydrogens is 210 g/mol. The van der Waals surface area contributed by atoms with Crippen molar-refractivity contribution < 1.29 is 0 Å². The zero-order valence-corrected chi connectivity index (χ0v) is 8.18. The molecule has 0 N–H and O–H groups in total. The second-order valence-electron chi connectivity index (χ2n) is 2.68. The minimum atomic E-state index is 0.220. The first-order valence-electron chi connectivity index (χ1n) is 4.03. The highest BCUT2D eigenvalue weighted by Crippen LogP contribution is 2.34. The Morgan fingerprint density at radius 2 is 1.31 bits per heavy atom. The minimum absolute atomic E-state index is 0.220. The molecule has 0 heterocycles. The van der Waals surface area contributed by atoms with E-state index in [9.17, 15) is 0 Å². The molecule has 9 nitrogen and oxygen atoms in total. The lowest BCUT2D eigenvalue weighted by Crippen LogP contribution is -1.75. The highest BCUT2D eigenvalue weighted by molar-refractivity contribution is 5.67. The van der Waals surface area contributed by atoms with Gasteiger partial charge in [-0.1, -0.05) is 15.3 Å². The molecule has 0 atom stereocenters. The molecule has 0 amide bonds. The maximum absolute atomic E-state index is 8.34. The number of nitrogens with zero attached hydrogens (tertiary/aromatic N) is 9. The minimum Gasteiger partial charge on any atom is -0.0608 e. The Morgan fingerprint density at radius 1 is 0.875 bits per heavy atom. The molecule has 16 heavy (non-hydrogen) atoms. The molecule has 0 unspecified atom stereocenters. The van der Waals surface area contributed by atoms with E-state index >= 15 is 0 Å². The second kappa shape index (κ2) is 5.14. The summed E-state index contributed by atoms with van der Waals surface area (Å²) in [5.74, 6) is 0. The van der Waals surface area contributed by atoms with E-state index < -0.39 is 0 Å². The zero-order chi connectivity index (χ0) is 12.0. The van der Waals surface area contributed by atoms with Crippen LogP contribution in [0.3, 0.4) is 0 Å². The standard InChI is InChI=1S/C7H5N9/c1-4-6(12-15-9)2-5(11-14-8)3-7(4)13-16-10/h2-3H,1H3. The van der Waals surface area contributed by atoms with Gasteiger partial charge in [-0.2, -0.15) is 0 Å². The quantitative estimate of drug-likeness (QED) is 0.386. The van der Waals surface area contributed by atoms with E-state index in [0.717, 1.165) is 0 Å². The largest absolute Gasteiger partial charge is 0.0608 e. The van der Waals surface area contributed by atoms with Crippen LogP contribution in [0.15, 0.2) is 27.5 Å². The van der Waals surface area contributed by atoms with Crippen molar-refractivity contribution in [1.82, 2.24) is 0 Å². The summed E-state index contributed by atoms with van der Waals surface area (Å²) in [7, 11) is 0. The number of rotatable bonds is 3. The fourth-order valence-corrected chi connectivity index (χ4v) is 1.08. The van der Waals surface area contributed by atoms with Gasteiger partial charge in [-0.3, -0.25) is 0 Å². The third-order valence-electron chi connectivity index (χ3n) is 1.80. The van der Waals surface area contributed by atoms with Crippen LogP contribution < -0.4 is 0 Å². The van der Waals surface area contributed by atoms with Crippen LogP contribution >= 0.6 is 0 Å². The topological polar surface area (TPSA) is 146 Å². The summed E-state index contributed by atoms with van der Waals surface area (Å²) < 4.78 is 0. The van der Waals surface area contributed by atoms with Gasteiger partial charge in [-0.05, 0) is 41.2 Å². The molecule has 0 bridgehead atoms. The molecule has 0 fully saturated rings. The normalized spacial score (nSPS) is 8.31. The Labute approximate surface area is 89.2 Å². The summed E-state index contributed by atoms with van der Waals surface area (Å²) in [5, 5.41) is 10.2. The molecule has 78 valence electrons. The Morgan fingerprint density at radius 3 is 1.69 bits per heavy atom. The fourth-order valence-electron chi connectivity index (χ4n) is 1.08. The molecule has 1 aromatic carbocycles. The van der Waals surface area contributed by atoms with Crippen molar-refractivity contribution in [3.8, 4) is 0 Å². The predicted molar refractivity (Wildman–Crippen MR) is 57.6 cm³/mol. The van der Waals surface area contributed by atoms with Crippen LogP contribution in [0.1, 0.15) is 5.56 Å². The van der Waals surface area contributed by atoms with Gasteiger partial charge in [-0.25, -0.2) is 0 Å². The summed E-state index contributed by atoms with van der Waals surface area (Å²) >= 11 is 0. The molecule has 1 aromatic rings. The van der Waals surface area contributed by atoms with E-state index in [1.807, 2.05) is 0 Å². The average Bonchev–Trinajstić information content (AvgIpc) is 2.26. The Balaban J connectivity index is 3.55. The highest BCUT2D eigenvalue weighted by Gasteiger charge is 2.03. The monoisotopic (exact) mass is 215 g/mol.